The van der Waals surface area contributed by atoms with E-state index in [1.807, 2.05) is 0 Å². The number of Topliss-reactive ketones (excluding diaryl/α,β-unsaturated/α-hetero) is 1. The Morgan fingerprint density at radius 2 is 1.92 bits per heavy atom. The van der Waals surface area contributed by atoms with Crippen LogP contribution in [0, 0.1) is 0 Å². The molecule has 0 radical (unpaired) electrons. The van der Waals surface area contributed by atoms with Crippen LogP contribution >= 0.6 is 0 Å². The van der Waals surface area contributed by atoms with Crippen LogP contribution in [-0.2, 0) is 16.8 Å². The molecule has 0 aliphatic heterocycles. The van der Waals surface area contributed by atoms with E-state index in [1.54, 1.807) is 42.8 Å². The van der Waals surface area contributed by atoms with Crippen LogP contribution in [0.5, 0.6) is 0 Å². The van der Waals surface area contributed by atoms with Gasteiger partial charge in [0.1, 0.15) is 6.10 Å². The van der Waals surface area contributed by atoms with Gasteiger partial charge >= 0.3 is 0 Å². The van der Waals surface area contributed by atoms with E-state index in [9.17, 15) is 9.90 Å². The molecule has 0 spiro atoms. The number of allylic oxidation sites excluding steroid dienone is 1. The fourth-order valence-electron chi connectivity index (χ4n) is 2.40. The van der Waals surface area contributed by atoms with Crippen molar-refractivity contribution in [1.29, 1.82) is 0 Å². The molecule has 9 nitrogen and oxygen atoms in total. The molecule has 0 saturated heterocycles. The Kier molecular flexibility index (Phi) is 4.19. The molecule has 124 valence electrons. The highest BCUT2D eigenvalue weighted by atomic mass is 17.2. The summed E-state index contributed by atoms with van der Waals surface area (Å²) in [6, 6.07) is 6.72. The molecule has 9 heteroatoms. The predicted octanol–water partition coefficient (Wildman–Crippen LogP) is 2.66. The monoisotopic (exact) mass is 329 g/mol. The molecule has 1 aliphatic carbocycles. The number of ketones is 1. The number of carbonyl (C=O) groups is 1. The van der Waals surface area contributed by atoms with E-state index in [0.717, 1.165) is 0 Å². The number of hydrogen-bond acceptors (Lipinski definition) is 8. The van der Waals surface area contributed by atoms with E-state index >= 15 is 0 Å². The summed E-state index contributed by atoms with van der Waals surface area (Å²) in [5.41, 5.74) is 0.712. The first-order valence-electron chi connectivity index (χ1n) is 7.12. The second-order valence-corrected chi connectivity index (χ2v) is 5.09. The van der Waals surface area contributed by atoms with Crippen molar-refractivity contribution in [3.8, 4) is 0 Å². The van der Waals surface area contributed by atoms with Gasteiger partial charge in [-0.3, -0.25) is 9.36 Å². The van der Waals surface area contributed by atoms with Crippen molar-refractivity contribution in [1.82, 2.24) is 14.8 Å². The van der Waals surface area contributed by atoms with Gasteiger partial charge in [-0.2, -0.15) is 0 Å². The first kappa shape index (κ1) is 16.0. The highest BCUT2D eigenvalue weighted by Crippen LogP contribution is 2.32. The van der Waals surface area contributed by atoms with Gasteiger partial charge in [0.2, 0.25) is 5.78 Å². The maximum atomic E-state index is 12.3. The van der Waals surface area contributed by atoms with Crippen molar-refractivity contribution in [2.75, 3.05) is 7.11 Å². The van der Waals surface area contributed by atoms with Gasteiger partial charge in [0, 0.05) is 18.2 Å². The summed E-state index contributed by atoms with van der Waals surface area (Å²) in [5.74, 6) is 0.0637. The highest BCUT2D eigenvalue weighted by Gasteiger charge is 2.29. The van der Waals surface area contributed by atoms with Gasteiger partial charge in [0.15, 0.2) is 17.3 Å². The fraction of sp³-hybridized carbons (Fsp3) is 0.267. The van der Waals surface area contributed by atoms with Crippen LogP contribution in [0.3, 0.4) is 0 Å². The maximum Gasteiger partial charge on any atom is 0.269 e. The first-order valence-corrected chi connectivity index (χ1v) is 7.12. The topological polar surface area (TPSA) is 111 Å². The van der Waals surface area contributed by atoms with E-state index in [1.165, 1.54) is 7.11 Å². The number of benzene rings is 1. The number of aliphatic hydroxyl groups is 1. The van der Waals surface area contributed by atoms with Gasteiger partial charge < -0.3 is 5.11 Å². The quantitative estimate of drug-likeness (QED) is 0.513. The van der Waals surface area contributed by atoms with Gasteiger partial charge in [-0.1, -0.05) is 24.3 Å². The molecule has 1 heterocycles. The molecule has 1 N–H and O–H groups in total. The third-order valence-electron chi connectivity index (χ3n) is 3.60. The Balaban J connectivity index is 1.88. The van der Waals surface area contributed by atoms with Gasteiger partial charge in [-0.25, -0.2) is 9.78 Å². The number of aliphatic hydroxyl groups excluding tert-OH is 1. The average Bonchev–Trinajstić information content (AvgIpc) is 3.06. The number of rotatable bonds is 5. The Morgan fingerprint density at radius 1 is 1.21 bits per heavy atom. The minimum absolute atomic E-state index is 0.123. The third-order valence-corrected chi connectivity index (χ3v) is 3.60. The zero-order valence-corrected chi connectivity index (χ0v) is 13.3. The predicted molar refractivity (Wildman–Crippen MR) is 82.3 cm³/mol. The van der Waals surface area contributed by atoms with E-state index in [4.69, 9.17) is 4.89 Å². The average molecular weight is 329 g/mol. The largest absolute Gasteiger partial charge is 0.505 e. The molecule has 1 unspecified atom stereocenters. The van der Waals surface area contributed by atoms with Gasteiger partial charge in [0.25, 0.3) is 5.95 Å². The molecular weight excluding hydrogens is 314 g/mol. The third kappa shape index (κ3) is 2.59. The summed E-state index contributed by atoms with van der Waals surface area (Å²) in [6.07, 6.45) is -0.457. The van der Waals surface area contributed by atoms with Crippen LogP contribution < -0.4 is 0 Å². The zero-order valence-electron chi connectivity index (χ0n) is 13.3. The Labute approximate surface area is 137 Å². The summed E-state index contributed by atoms with van der Waals surface area (Å²) in [4.78, 5) is 21.8. The zero-order chi connectivity index (χ0) is 17.3. The number of nitrogens with zero attached hydrogens (tertiary/aromatic N) is 5. The molecule has 1 aliphatic rings. The second kappa shape index (κ2) is 6.30. The van der Waals surface area contributed by atoms with Gasteiger partial charge in [-0.15, -0.1) is 20.4 Å². The highest BCUT2D eigenvalue weighted by molar-refractivity contribution is 6.19. The molecule has 0 fully saturated rings. The lowest BCUT2D eigenvalue weighted by Crippen LogP contribution is -2.06. The molecule has 0 amide bonds. The van der Waals surface area contributed by atoms with Crippen molar-refractivity contribution >= 4 is 17.5 Å². The lowest BCUT2D eigenvalue weighted by Gasteiger charge is -2.08. The van der Waals surface area contributed by atoms with Gasteiger partial charge in [0.05, 0.1) is 7.11 Å². The van der Waals surface area contributed by atoms with Crippen molar-refractivity contribution in [2.45, 2.75) is 13.0 Å². The number of hydrogen-bond donors (Lipinski definition) is 1. The van der Waals surface area contributed by atoms with Crippen molar-refractivity contribution < 1.29 is 19.7 Å². The van der Waals surface area contributed by atoms with Crippen molar-refractivity contribution in [3.63, 3.8) is 0 Å². The molecule has 1 atom stereocenters. The molecule has 1 aromatic carbocycles. The summed E-state index contributed by atoms with van der Waals surface area (Å²) in [6.45, 7) is 1.74. The van der Waals surface area contributed by atoms with Crippen molar-refractivity contribution in [2.24, 2.45) is 17.3 Å². The van der Waals surface area contributed by atoms with Crippen molar-refractivity contribution in [3.05, 3.63) is 46.9 Å². The Hall–Kier alpha value is -2.91. The maximum absolute atomic E-state index is 12.3. The smallest absolute Gasteiger partial charge is 0.269 e. The minimum atomic E-state index is -0.457. The van der Waals surface area contributed by atoms with Crippen LogP contribution in [0.25, 0.3) is 5.76 Å². The molecule has 2 aromatic rings. The lowest BCUT2D eigenvalue weighted by molar-refractivity contribution is -0.305. The van der Waals surface area contributed by atoms with Crippen LogP contribution in [0.2, 0.25) is 0 Å². The van der Waals surface area contributed by atoms with Crippen LogP contribution in [0.15, 0.2) is 40.2 Å². The van der Waals surface area contributed by atoms with Crippen LogP contribution in [-0.4, -0.2) is 32.8 Å². The molecule has 0 bridgehead atoms. The minimum Gasteiger partial charge on any atom is -0.505 e. The normalized spacial score (nSPS) is 15.4. The summed E-state index contributed by atoms with van der Waals surface area (Å²) in [5, 5.41) is 25.7. The van der Waals surface area contributed by atoms with E-state index in [0.29, 0.717) is 17.0 Å². The lowest BCUT2D eigenvalue weighted by atomic mass is 10.1. The SMILES string of the molecule is COOC(C)c1nnc(N=NC2=C(O)c3ccccc3C2=O)n1C. The number of aromatic nitrogens is 3. The van der Waals surface area contributed by atoms with Crippen LogP contribution in [0.1, 0.15) is 34.8 Å². The number of carbonyl (C=O) groups excluding carboxylic acids is 1. The van der Waals surface area contributed by atoms with E-state index in [2.05, 4.69) is 25.3 Å². The Morgan fingerprint density at radius 3 is 2.58 bits per heavy atom. The summed E-state index contributed by atoms with van der Waals surface area (Å²) >= 11 is 0. The first-order chi connectivity index (χ1) is 11.5. The van der Waals surface area contributed by atoms with Gasteiger partial charge in [-0.05, 0) is 6.92 Å². The molecule has 3 rings (SSSR count). The summed E-state index contributed by atoms with van der Waals surface area (Å²) in [7, 11) is 3.07. The molecular formula is C15H15N5O4. The summed E-state index contributed by atoms with van der Waals surface area (Å²) < 4.78 is 1.55. The molecule has 1 aromatic heterocycles. The van der Waals surface area contributed by atoms with E-state index in [-0.39, 0.29) is 23.2 Å². The molecule has 0 saturated carbocycles. The van der Waals surface area contributed by atoms with Crippen LogP contribution in [0.4, 0.5) is 5.95 Å². The standard InChI is InChI=1S/C15H15N5O4/c1-8(24-23-3)14-17-19-15(20(14)2)18-16-11-12(21)9-6-4-5-7-10(9)13(11)22/h4-8,21H,1-3H3. The number of azo groups is 1. The molecule has 24 heavy (non-hydrogen) atoms. The second-order valence-electron chi connectivity index (χ2n) is 5.09. The number of fused-ring (bicyclic) bond motifs is 1. The Bertz CT molecular complexity index is 855. The fourth-order valence-corrected chi connectivity index (χ4v) is 2.40. The van der Waals surface area contributed by atoms with E-state index < -0.39 is 6.10 Å².